The van der Waals surface area contributed by atoms with E-state index in [1.165, 1.54) is 0 Å². The van der Waals surface area contributed by atoms with Crippen molar-refractivity contribution in [2.45, 2.75) is 6.92 Å². The lowest BCUT2D eigenvalue weighted by Gasteiger charge is -2.34. The van der Waals surface area contributed by atoms with Gasteiger partial charge in [0.15, 0.2) is 0 Å². The van der Waals surface area contributed by atoms with E-state index in [2.05, 4.69) is 9.97 Å². The molecule has 0 aliphatic carbocycles. The van der Waals surface area contributed by atoms with Crippen LogP contribution in [0.4, 0.5) is 11.6 Å². The molecule has 2 aromatic rings. The molecule has 1 fully saturated rings. The van der Waals surface area contributed by atoms with Crippen LogP contribution < -0.4 is 14.5 Å². The Morgan fingerprint density at radius 2 is 2.00 bits per heavy atom. The van der Waals surface area contributed by atoms with Gasteiger partial charge in [-0.2, -0.15) is 4.98 Å². The average Bonchev–Trinajstić information content (AvgIpc) is 2.56. The number of aromatic nitrogens is 2. The maximum atomic E-state index is 12.4. The number of ether oxygens (including phenoxy) is 1. The lowest BCUT2D eigenvalue weighted by atomic mass is 10.2. The van der Waals surface area contributed by atoms with Crippen molar-refractivity contribution in [3.8, 4) is 5.88 Å². The highest BCUT2D eigenvalue weighted by molar-refractivity contribution is 5.97. The molecular weight excluding hydrogens is 280 g/mol. The first-order valence-corrected chi connectivity index (χ1v) is 7.34. The summed E-state index contributed by atoms with van der Waals surface area (Å²) in [7, 11) is 0. The third-order valence-electron chi connectivity index (χ3n) is 3.48. The van der Waals surface area contributed by atoms with Crippen molar-refractivity contribution in [3.05, 3.63) is 42.6 Å². The summed E-state index contributed by atoms with van der Waals surface area (Å²) in [4.78, 5) is 24.6. The quantitative estimate of drug-likeness (QED) is 0.860. The first-order chi connectivity index (χ1) is 10.8. The highest BCUT2D eigenvalue weighted by Gasteiger charge is 2.26. The van der Waals surface area contributed by atoms with Gasteiger partial charge >= 0.3 is 0 Å². The number of anilines is 2. The van der Waals surface area contributed by atoms with E-state index in [0.29, 0.717) is 31.5 Å². The van der Waals surface area contributed by atoms with Crippen LogP contribution >= 0.6 is 0 Å². The molecule has 1 aromatic heterocycles. The fraction of sp³-hybridized carbons (Fsp3) is 0.312. The molecule has 6 heteroatoms. The van der Waals surface area contributed by atoms with Crippen molar-refractivity contribution < 1.29 is 9.53 Å². The molecule has 0 saturated carbocycles. The molecule has 0 radical (unpaired) electrons. The molecule has 22 heavy (non-hydrogen) atoms. The van der Waals surface area contributed by atoms with Crippen LogP contribution in [0, 0.1) is 0 Å². The Morgan fingerprint density at radius 3 is 2.73 bits per heavy atom. The second-order valence-corrected chi connectivity index (χ2v) is 4.93. The number of hydrogen-bond acceptors (Lipinski definition) is 5. The normalized spacial score (nSPS) is 15.0. The summed E-state index contributed by atoms with van der Waals surface area (Å²) in [6.45, 7) is 4.03. The van der Waals surface area contributed by atoms with Crippen molar-refractivity contribution in [1.82, 2.24) is 9.97 Å². The van der Waals surface area contributed by atoms with Gasteiger partial charge in [-0.1, -0.05) is 18.2 Å². The molecule has 0 atom stereocenters. The number of carbonyl (C=O) groups is 1. The molecule has 2 heterocycles. The Labute approximate surface area is 129 Å². The van der Waals surface area contributed by atoms with E-state index in [1.807, 2.05) is 42.2 Å². The number of benzene rings is 1. The Morgan fingerprint density at radius 1 is 1.18 bits per heavy atom. The minimum atomic E-state index is 0.0443. The fourth-order valence-corrected chi connectivity index (χ4v) is 2.44. The zero-order valence-electron chi connectivity index (χ0n) is 12.5. The topological polar surface area (TPSA) is 58.6 Å². The molecular formula is C16H18N4O2. The number of nitrogens with zero attached hydrogens (tertiary/aromatic N) is 4. The third-order valence-corrected chi connectivity index (χ3v) is 3.48. The van der Waals surface area contributed by atoms with Gasteiger partial charge in [0, 0.05) is 31.0 Å². The molecule has 1 aliphatic rings. The first-order valence-electron chi connectivity index (χ1n) is 7.34. The maximum Gasteiger partial charge on any atom is 0.246 e. The summed E-state index contributed by atoms with van der Waals surface area (Å²) < 4.78 is 5.38. The summed E-state index contributed by atoms with van der Waals surface area (Å²) in [6.07, 6.45) is 1.65. The fourth-order valence-electron chi connectivity index (χ4n) is 2.44. The number of carbonyl (C=O) groups excluding carboxylic acids is 1. The molecule has 3 rings (SSSR count). The van der Waals surface area contributed by atoms with Gasteiger partial charge in [0.2, 0.25) is 17.7 Å². The van der Waals surface area contributed by atoms with Gasteiger partial charge in [0.1, 0.15) is 6.54 Å². The number of rotatable bonds is 4. The minimum absolute atomic E-state index is 0.0443. The maximum absolute atomic E-state index is 12.4. The molecule has 1 aliphatic heterocycles. The molecule has 0 bridgehead atoms. The van der Waals surface area contributed by atoms with Gasteiger partial charge in [0.05, 0.1) is 6.61 Å². The van der Waals surface area contributed by atoms with Crippen LogP contribution in [-0.4, -0.2) is 42.1 Å². The van der Waals surface area contributed by atoms with Crippen LogP contribution in [-0.2, 0) is 4.79 Å². The first kappa shape index (κ1) is 14.3. The van der Waals surface area contributed by atoms with Gasteiger partial charge < -0.3 is 14.5 Å². The highest BCUT2D eigenvalue weighted by atomic mass is 16.5. The van der Waals surface area contributed by atoms with E-state index in [9.17, 15) is 4.79 Å². The third kappa shape index (κ3) is 3.00. The molecule has 114 valence electrons. The molecule has 1 saturated heterocycles. The molecule has 0 N–H and O–H groups in total. The summed E-state index contributed by atoms with van der Waals surface area (Å²) in [5, 5.41) is 0. The summed E-state index contributed by atoms with van der Waals surface area (Å²) >= 11 is 0. The number of amides is 1. The van der Waals surface area contributed by atoms with Crippen LogP contribution in [0.1, 0.15) is 6.92 Å². The lowest BCUT2D eigenvalue weighted by molar-refractivity contribution is -0.117. The Bertz CT molecular complexity index is 648. The monoisotopic (exact) mass is 298 g/mol. The second-order valence-electron chi connectivity index (χ2n) is 4.93. The predicted molar refractivity (Wildman–Crippen MR) is 84.2 cm³/mol. The number of piperazine rings is 1. The van der Waals surface area contributed by atoms with Gasteiger partial charge in [-0.25, -0.2) is 4.98 Å². The van der Waals surface area contributed by atoms with E-state index in [-0.39, 0.29) is 12.5 Å². The van der Waals surface area contributed by atoms with Crippen LogP contribution in [0.25, 0.3) is 0 Å². The van der Waals surface area contributed by atoms with Crippen LogP contribution in [0.5, 0.6) is 5.88 Å². The molecule has 0 spiro atoms. The standard InChI is InChI=1S/C16H18N4O2/c1-2-22-14-8-9-17-16(18-14)19-10-11-20(15(21)12-19)13-6-4-3-5-7-13/h3-9H,2,10-12H2,1H3. The SMILES string of the molecule is CCOc1ccnc(N2CCN(c3ccccc3)C(=O)C2)n1. The summed E-state index contributed by atoms with van der Waals surface area (Å²) in [6, 6.07) is 11.4. The Hall–Kier alpha value is -2.63. The molecule has 0 unspecified atom stereocenters. The molecule has 1 aromatic carbocycles. The van der Waals surface area contributed by atoms with Crippen molar-refractivity contribution in [1.29, 1.82) is 0 Å². The number of hydrogen-bond donors (Lipinski definition) is 0. The predicted octanol–water partition coefficient (Wildman–Crippen LogP) is 1.73. The second kappa shape index (κ2) is 6.43. The van der Waals surface area contributed by atoms with Gasteiger partial charge in [-0.3, -0.25) is 4.79 Å². The Kier molecular flexibility index (Phi) is 4.18. The van der Waals surface area contributed by atoms with E-state index in [0.717, 1.165) is 5.69 Å². The van der Waals surface area contributed by atoms with Crippen LogP contribution in [0.15, 0.2) is 42.6 Å². The largest absolute Gasteiger partial charge is 0.478 e. The van der Waals surface area contributed by atoms with Crippen molar-refractivity contribution in [2.24, 2.45) is 0 Å². The van der Waals surface area contributed by atoms with Gasteiger partial charge in [0.25, 0.3) is 0 Å². The smallest absolute Gasteiger partial charge is 0.246 e. The summed E-state index contributed by atoms with van der Waals surface area (Å²) in [5.74, 6) is 1.11. The minimum Gasteiger partial charge on any atom is -0.478 e. The van der Waals surface area contributed by atoms with Crippen LogP contribution in [0.3, 0.4) is 0 Å². The zero-order chi connectivity index (χ0) is 15.4. The van der Waals surface area contributed by atoms with Crippen molar-refractivity contribution >= 4 is 17.5 Å². The van der Waals surface area contributed by atoms with Gasteiger partial charge in [-0.05, 0) is 19.1 Å². The Balaban J connectivity index is 1.72. The van der Waals surface area contributed by atoms with E-state index >= 15 is 0 Å². The van der Waals surface area contributed by atoms with E-state index < -0.39 is 0 Å². The number of para-hydroxylation sites is 1. The average molecular weight is 298 g/mol. The van der Waals surface area contributed by atoms with Crippen molar-refractivity contribution in [3.63, 3.8) is 0 Å². The van der Waals surface area contributed by atoms with Crippen molar-refractivity contribution in [2.75, 3.05) is 36.0 Å². The lowest BCUT2D eigenvalue weighted by Crippen LogP contribution is -2.51. The van der Waals surface area contributed by atoms with E-state index in [1.54, 1.807) is 17.2 Å². The van der Waals surface area contributed by atoms with Crippen LogP contribution in [0.2, 0.25) is 0 Å². The highest BCUT2D eigenvalue weighted by Crippen LogP contribution is 2.19. The molecule has 6 nitrogen and oxygen atoms in total. The zero-order valence-corrected chi connectivity index (χ0v) is 12.5. The van der Waals surface area contributed by atoms with Gasteiger partial charge in [-0.15, -0.1) is 0 Å². The van der Waals surface area contributed by atoms with E-state index in [4.69, 9.17) is 4.74 Å². The summed E-state index contributed by atoms with van der Waals surface area (Å²) in [5.41, 5.74) is 0.927. The molecule has 1 amide bonds.